The van der Waals surface area contributed by atoms with Gasteiger partial charge in [0.05, 0.1) is 6.61 Å². The molecular formula is C18H26N2O4. The number of amides is 2. The van der Waals surface area contributed by atoms with Gasteiger partial charge in [0, 0.05) is 6.42 Å². The number of carbonyl (C=O) groups is 2. The van der Waals surface area contributed by atoms with E-state index in [4.69, 9.17) is 9.47 Å². The third-order valence-electron chi connectivity index (χ3n) is 4.05. The van der Waals surface area contributed by atoms with Crippen LogP contribution in [0.25, 0.3) is 0 Å². The Morgan fingerprint density at radius 2 is 1.62 bits per heavy atom. The molecule has 1 aromatic rings. The largest absolute Gasteiger partial charge is 0.490 e. The third kappa shape index (κ3) is 6.10. The molecule has 2 N–H and O–H groups in total. The molecule has 0 aromatic heterocycles. The highest BCUT2D eigenvalue weighted by Crippen LogP contribution is 2.26. The van der Waals surface area contributed by atoms with Crippen molar-refractivity contribution < 1.29 is 19.1 Å². The second kappa shape index (κ2) is 9.80. The Morgan fingerprint density at radius 3 is 2.29 bits per heavy atom. The Morgan fingerprint density at radius 1 is 1.00 bits per heavy atom. The number of nitrogens with one attached hydrogen (secondary N) is 2. The Bertz CT molecular complexity index is 542. The lowest BCUT2D eigenvalue weighted by Gasteiger charge is -2.20. The summed E-state index contributed by atoms with van der Waals surface area (Å²) in [7, 11) is 0. The molecule has 0 radical (unpaired) electrons. The first-order valence-electron chi connectivity index (χ1n) is 8.61. The average molecular weight is 334 g/mol. The number of para-hydroxylation sites is 2. The van der Waals surface area contributed by atoms with E-state index in [1.165, 1.54) is 19.3 Å². The minimum Gasteiger partial charge on any atom is -0.490 e. The minimum atomic E-state index is -0.404. The molecule has 0 unspecified atom stereocenters. The molecule has 0 heterocycles. The molecule has 0 saturated heterocycles. The van der Waals surface area contributed by atoms with Crippen molar-refractivity contribution in [2.45, 2.75) is 45.4 Å². The summed E-state index contributed by atoms with van der Waals surface area (Å²) < 4.78 is 10.9. The Labute approximate surface area is 142 Å². The van der Waals surface area contributed by atoms with Gasteiger partial charge >= 0.3 is 0 Å². The van der Waals surface area contributed by atoms with E-state index in [0.29, 0.717) is 30.4 Å². The average Bonchev–Trinajstić information content (AvgIpc) is 2.60. The van der Waals surface area contributed by atoms with E-state index in [1.807, 2.05) is 19.1 Å². The maximum atomic E-state index is 11.8. The van der Waals surface area contributed by atoms with Gasteiger partial charge in [0.15, 0.2) is 18.1 Å². The molecule has 132 valence electrons. The van der Waals surface area contributed by atoms with Gasteiger partial charge in [-0.25, -0.2) is 0 Å². The topological polar surface area (TPSA) is 76.7 Å². The van der Waals surface area contributed by atoms with Crippen LogP contribution in [0.5, 0.6) is 11.5 Å². The summed E-state index contributed by atoms with van der Waals surface area (Å²) in [6, 6.07) is 7.16. The molecule has 1 aliphatic rings. The van der Waals surface area contributed by atoms with Crippen molar-refractivity contribution in [3.63, 3.8) is 0 Å². The van der Waals surface area contributed by atoms with Crippen LogP contribution >= 0.6 is 0 Å². The third-order valence-corrected chi connectivity index (χ3v) is 4.05. The van der Waals surface area contributed by atoms with Crippen LogP contribution in [0.3, 0.4) is 0 Å². The lowest BCUT2D eigenvalue weighted by atomic mass is 9.87. The standard InChI is InChI=1S/C18H26N2O4/c1-2-23-15-10-6-7-11-16(15)24-13-18(22)20-19-17(21)12-14-8-4-3-5-9-14/h6-7,10-11,14H,2-5,8-9,12-13H2,1H3,(H,19,21)(H,20,22). The zero-order chi connectivity index (χ0) is 17.2. The van der Waals surface area contributed by atoms with Gasteiger partial charge < -0.3 is 9.47 Å². The second-order valence-electron chi connectivity index (χ2n) is 5.97. The fraction of sp³-hybridized carbons (Fsp3) is 0.556. The molecule has 1 aromatic carbocycles. The van der Waals surface area contributed by atoms with Crippen molar-refractivity contribution in [3.05, 3.63) is 24.3 Å². The van der Waals surface area contributed by atoms with Crippen molar-refractivity contribution in [2.75, 3.05) is 13.2 Å². The first-order valence-corrected chi connectivity index (χ1v) is 8.61. The monoisotopic (exact) mass is 334 g/mol. The highest BCUT2D eigenvalue weighted by atomic mass is 16.5. The van der Waals surface area contributed by atoms with Crippen LogP contribution in [0.4, 0.5) is 0 Å². The van der Waals surface area contributed by atoms with Crippen molar-refractivity contribution in [1.29, 1.82) is 0 Å². The molecule has 0 aliphatic heterocycles. The zero-order valence-corrected chi connectivity index (χ0v) is 14.2. The van der Waals surface area contributed by atoms with E-state index in [-0.39, 0.29) is 12.5 Å². The van der Waals surface area contributed by atoms with E-state index in [2.05, 4.69) is 10.9 Å². The van der Waals surface area contributed by atoms with Gasteiger partial charge in [-0.1, -0.05) is 31.4 Å². The van der Waals surface area contributed by atoms with E-state index < -0.39 is 5.91 Å². The molecular weight excluding hydrogens is 308 g/mol. The van der Waals surface area contributed by atoms with Crippen LogP contribution in [0.1, 0.15) is 45.4 Å². The molecule has 0 bridgehead atoms. The Balaban J connectivity index is 1.68. The summed E-state index contributed by atoms with van der Waals surface area (Å²) in [5, 5.41) is 0. The molecule has 6 heteroatoms. The van der Waals surface area contributed by atoms with Crippen molar-refractivity contribution >= 4 is 11.8 Å². The van der Waals surface area contributed by atoms with Crippen molar-refractivity contribution in [2.24, 2.45) is 5.92 Å². The normalized spacial score (nSPS) is 14.7. The molecule has 2 rings (SSSR count). The van der Waals surface area contributed by atoms with Gasteiger partial charge in [0.2, 0.25) is 5.91 Å². The molecule has 1 saturated carbocycles. The van der Waals surface area contributed by atoms with Crippen LogP contribution in [0, 0.1) is 5.92 Å². The van der Waals surface area contributed by atoms with Crippen molar-refractivity contribution in [3.8, 4) is 11.5 Å². The summed E-state index contributed by atoms with van der Waals surface area (Å²) in [4.78, 5) is 23.6. The number of hydrazine groups is 1. The molecule has 2 amide bonds. The molecule has 0 atom stereocenters. The van der Waals surface area contributed by atoms with E-state index >= 15 is 0 Å². The number of ether oxygens (including phenoxy) is 2. The summed E-state index contributed by atoms with van der Waals surface area (Å²) >= 11 is 0. The van der Waals surface area contributed by atoms with Gasteiger partial charge in [-0.15, -0.1) is 0 Å². The number of carbonyl (C=O) groups excluding carboxylic acids is 2. The Hall–Kier alpha value is -2.24. The zero-order valence-electron chi connectivity index (χ0n) is 14.2. The van der Waals surface area contributed by atoms with Crippen LogP contribution in [0.2, 0.25) is 0 Å². The quantitative estimate of drug-likeness (QED) is 0.752. The van der Waals surface area contributed by atoms with E-state index in [0.717, 1.165) is 12.8 Å². The SMILES string of the molecule is CCOc1ccccc1OCC(=O)NNC(=O)CC1CCCCC1. The molecule has 1 fully saturated rings. The summed E-state index contributed by atoms with van der Waals surface area (Å²) in [5.74, 6) is 0.977. The van der Waals surface area contributed by atoms with Gasteiger partial charge in [0.1, 0.15) is 0 Å². The van der Waals surface area contributed by atoms with Gasteiger partial charge in [-0.05, 0) is 37.8 Å². The van der Waals surface area contributed by atoms with Gasteiger partial charge in [-0.3, -0.25) is 20.4 Å². The van der Waals surface area contributed by atoms with E-state index in [1.54, 1.807) is 12.1 Å². The maximum absolute atomic E-state index is 11.8. The number of hydrogen-bond acceptors (Lipinski definition) is 4. The highest BCUT2D eigenvalue weighted by molar-refractivity contribution is 5.82. The summed E-state index contributed by atoms with van der Waals surface area (Å²) in [5.41, 5.74) is 4.85. The van der Waals surface area contributed by atoms with Gasteiger partial charge in [0.25, 0.3) is 5.91 Å². The predicted molar refractivity (Wildman–Crippen MR) is 90.6 cm³/mol. The lowest BCUT2D eigenvalue weighted by molar-refractivity contribution is -0.130. The summed E-state index contributed by atoms with van der Waals surface area (Å²) in [6.45, 7) is 2.21. The molecule has 24 heavy (non-hydrogen) atoms. The number of rotatable bonds is 7. The smallest absolute Gasteiger partial charge is 0.276 e. The number of benzene rings is 1. The van der Waals surface area contributed by atoms with Crippen LogP contribution in [-0.4, -0.2) is 25.0 Å². The fourth-order valence-corrected chi connectivity index (χ4v) is 2.87. The first-order chi connectivity index (χ1) is 11.7. The number of hydrogen-bond donors (Lipinski definition) is 2. The summed E-state index contributed by atoms with van der Waals surface area (Å²) in [6.07, 6.45) is 6.30. The first kappa shape index (κ1) is 18.1. The molecule has 6 nitrogen and oxygen atoms in total. The second-order valence-corrected chi connectivity index (χ2v) is 5.97. The van der Waals surface area contributed by atoms with Crippen LogP contribution < -0.4 is 20.3 Å². The van der Waals surface area contributed by atoms with Gasteiger partial charge in [-0.2, -0.15) is 0 Å². The minimum absolute atomic E-state index is 0.148. The molecule has 0 spiro atoms. The van der Waals surface area contributed by atoms with Crippen LogP contribution in [-0.2, 0) is 9.59 Å². The predicted octanol–water partition coefficient (Wildman–Crippen LogP) is 2.58. The van der Waals surface area contributed by atoms with Crippen LogP contribution in [0.15, 0.2) is 24.3 Å². The lowest BCUT2D eigenvalue weighted by Crippen LogP contribution is -2.44. The van der Waals surface area contributed by atoms with E-state index in [9.17, 15) is 9.59 Å². The molecule has 1 aliphatic carbocycles. The van der Waals surface area contributed by atoms with Crippen molar-refractivity contribution in [1.82, 2.24) is 10.9 Å². The maximum Gasteiger partial charge on any atom is 0.276 e. The fourth-order valence-electron chi connectivity index (χ4n) is 2.87. The highest BCUT2D eigenvalue weighted by Gasteiger charge is 2.17. The Kier molecular flexibility index (Phi) is 7.39.